The highest BCUT2D eigenvalue weighted by molar-refractivity contribution is 6.29. The molecule has 0 spiro atoms. The summed E-state index contributed by atoms with van der Waals surface area (Å²) in [4.78, 5) is 28.7. The van der Waals surface area contributed by atoms with Crippen LogP contribution in [0.4, 0.5) is 29.3 Å². The largest absolute Gasteiger partial charge is 0.443 e. The number of amides is 2. The van der Waals surface area contributed by atoms with Gasteiger partial charge in [0.15, 0.2) is 0 Å². The number of carbonyl (C=O) groups excluding carboxylic acids is 1. The first-order valence-electron chi connectivity index (χ1n) is 9.70. The van der Waals surface area contributed by atoms with E-state index in [-0.39, 0.29) is 22.4 Å². The second kappa shape index (κ2) is 9.23. The Hall–Kier alpha value is -3.77. The number of methoxy groups -OCH3 is 1. The Balaban J connectivity index is 1.64. The maximum absolute atomic E-state index is 13.6. The molecule has 0 aliphatic carbocycles. The number of nitrogens with one attached hydrogen (secondary N) is 2. The lowest BCUT2D eigenvalue weighted by Gasteiger charge is -2.18. The van der Waals surface area contributed by atoms with Gasteiger partial charge >= 0.3 is 12.2 Å². The first-order chi connectivity index (χ1) is 16.2. The average Bonchev–Trinajstić information content (AvgIpc) is 3.32. The van der Waals surface area contributed by atoms with E-state index in [2.05, 4.69) is 30.6 Å². The van der Waals surface area contributed by atoms with Crippen LogP contribution in [0, 0.1) is 0 Å². The second-order valence-corrected chi connectivity index (χ2v) is 7.39. The molecule has 2 amide bonds. The highest BCUT2D eigenvalue weighted by atomic mass is 35.5. The first-order valence-corrected chi connectivity index (χ1v) is 10.1. The molecular weight excluding hydrogens is 477 g/mol. The van der Waals surface area contributed by atoms with Crippen LogP contribution in [0.1, 0.15) is 24.2 Å². The number of oxazole rings is 1. The van der Waals surface area contributed by atoms with Gasteiger partial charge in [-0.15, -0.1) is 0 Å². The van der Waals surface area contributed by atoms with Crippen LogP contribution in [-0.2, 0) is 10.9 Å². The summed E-state index contributed by atoms with van der Waals surface area (Å²) >= 11 is 6.02. The molecule has 4 rings (SSSR count). The summed E-state index contributed by atoms with van der Waals surface area (Å²) in [6.07, 6.45) is -0.478. The zero-order valence-corrected chi connectivity index (χ0v) is 18.4. The van der Waals surface area contributed by atoms with Crippen LogP contribution in [0.3, 0.4) is 0 Å². The number of halogens is 4. The molecule has 9 nitrogen and oxygen atoms in total. The number of ether oxygens (including phenoxy) is 1. The van der Waals surface area contributed by atoms with Gasteiger partial charge in [-0.1, -0.05) is 11.6 Å². The molecule has 0 unspecified atom stereocenters. The van der Waals surface area contributed by atoms with E-state index in [1.54, 1.807) is 19.1 Å². The number of carbonyl (C=O) groups is 1. The van der Waals surface area contributed by atoms with Gasteiger partial charge in [-0.2, -0.15) is 13.2 Å². The number of fused-ring (bicyclic) bond motifs is 1. The third-order valence-electron chi connectivity index (χ3n) is 4.81. The normalized spacial score (nSPS) is 12.5. The Morgan fingerprint density at radius 3 is 2.65 bits per heavy atom. The van der Waals surface area contributed by atoms with Crippen LogP contribution in [0.25, 0.3) is 22.6 Å². The number of hydrogen-bond acceptors (Lipinski definition) is 7. The molecular formula is C21H16ClF3N6O3. The Bertz CT molecular complexity index is 1350. The number of anilines is 2. The lowest BCUT2D eigenvalue weighted by Crippen LogP contribution is -2.22. The van der Waals surface area contributed by atoms with Crippen molar-refractivity contribution in [3.63, 3.8) is 0 Å². The van der Waals surface area contributed by atoms with Crippen molar-refractivity contribution >= 4 is 40.0 Å². The van der Waals surface area contributed by atoms with Crippen LogP contribution in [-0.4, -0.2) is 33.1 Å². The number of nitrogens with zero attached hydrogens (tertiary/aromatic N) is 4. The Kier molecular flexibility index (Phi) is 6.35. The number of hydrogen-bond donors (Lipinski definition) is 2. The van der Waals surface area contributed by atoms with E-state index in [1.807, 2.05) is 0 Å². The Morgan fingerprint density at radius 2 is 1.97 bits per heavy atom. The third-order valence-corrected chi connectivity index (χ3v) is 5.02. The lowest BCUT2D eigenvalue weighted by molar-refractivity contribution is -0.137. The van der Waals surface area contributed by atoms with Gasteiger partial charge in [0.25, 0.3) is 0 Å². The van der Waals surface area contributed by atoms with Crippen molar-refractivity contribution in [2.24, 2.45) is 0 Å². The molecule has 13 heteroatoms. The molecule has 2 N–H and O–H groups in total. The maximum atomic E-state index is 13.6. The van der Waals surface area contributed by atoms with Gasteiger partial charge in [-0.25, -0.2) is 19.7 Å². The van der Waals surface area contributed by atoms with Crippen molar-refractivity contribution in [1.82, 2.24) is 19.9 Å². The maximum Gasteiger partial charge on any atom is 0.418 e. The minimum Gasteiger partial charge on any atom is -0.443 e. The summed E-state index contributed by atoms with van der Waals surface area (Å²) in [5.41, 5.74) is -0.134. The van der Waals surface area contributed by atoms with E-state index < -0.39 is 29.6 Å². The van der Waals surface area contributed by atoms with E-state index >= 15 is 0 Å². The standard InChI is InChI=1S/C21H16ClF3N6O3/c1-10(33-2)16-14(9-27-13-3-4-15(22)31-18(13)16)30-20(32)29-11-7-12(21(23,24)25)17(28-8-11)19-26-5-6-34-19/h3-10H,1-2H3,(H2,29,30,32)/t10-/m0/s1. The molecule has 0 bridgehead atoms. The molecule has 0 fully saturated rings. The van der Waals surface area contributed by atoms with Gasteiger partial charge in [0.2, 0.25) is 5.89 Å². The minimum absolute atomic E-state index is 0.198. The van der Waals surface area contributed by atoms with E-state index in [1.165, 1.54) is 19.5 Å². The van der Waals surface area contributed by atoms with Gasteiger partial charge < -0.3 is 19.8 Å². The quantitative estimate of drug-likeness (QED) is 0.343. The summed E-state index contributed by atoms with van der Waals surface area (Å²) < 4.78 is 51.1. The zero-order valence-electron chi connectivity index (χ0n) is 17.6. The van der Waals surface area contributed by atoms with Crippen LogP contribution >= 0.6 is 11.6 Å². The molecule has 0 saturated heterocycles. The fourth-order valence-electron chi connectivity index (χ4n) is 3.24. The van der Waals surface area contributed by atoms with Crippen molar-refractivity contribution in [2.75, 3.05) is 17.7 Å². The molecule has 0 saturated carbocycles. The number of urea groups is 1. The van der Waals surface area contributed by atoms with E-state index in [4.69, 9.17) is 20.8 Å². The topological polar surface area (TPSA) is 115 Å². The fourth-order valence-corrected chi connectivity index (χ4v) is 3.38. The van der Waals surface area contributed by atoms with E-state index in [0.717, 1.165) is 18.5 Å². The number of rotatable bonds is 5. The molecule has 34 heavy (non-hydrogen) atoms. The number of aromatic nitrogens is 4. The SMILES string of the molecule is CO[C@@H](C)c1c(NC(=O)Nc2cnc(-c3ncco3)c(C(F)(F)F)c2)cnc2ccc(Cl)nc12. The lowest BCUT2D eigenvalue weighted by atomic mass is 10.1. The van der Waals surface area contributed by atoms with Crippen molar-refractivity contribution < 1.29 is 27.1 Å². The predicted octanol–water partition coefficient (Wildman–Crippen LogP) is 5.70. The number of alkyl halides is 3. The van der Waals surface area contributed by atoms with Gasteiger partial charge in [-0.05, 0) is 25.1 Å². The molecule has 1 atom stereocenters. The van der Waals surface area contributed by atoms with E-state index in [9.17, 15) is 18.0 Å². The van der Waals surface area contributed by atoms with Gasteiger partial charge in [0, 0.05) is 12.7 Å². The van der Waals surface area contributed by atoms with Crippen LogP contribution in [0.2, 0.25) is 5.15 Å². The molecule has 4 aromatic rings. The average molecular weight is 493 g/mol. The third kappa shape index (κ3) is 4.77. The number of pyridine rings is 3. The highest BCUT2D eigenvalue weighted by Crippen LogP contribution is 2.37. The summed E-state index contributed by atoms with van der Waals surface area (Å²) in [5, 5.41) is 5.13. The summed E-state index contributed by atoms with van der Waals surface area (Å²) in [6.45, 7) is 1.74. The Morgan fingerprint density at radius 1 is 1.18 bits per heavy atom. The van der Waals surface area contributed by atoms with Crippen LogP contribution in [0.5, 0.6) is 0 Å². The van der Waals surface area contributed by atoms with E-state index in [0.29, 0.717) is 16.6 Å². The summed E-state index contributed by atoms with van der Waals surface area (Å²) in [6, 6.07) is 3.15. The zero-order chi connectivity index (χ0) is 24.5. The van der Waals surface area contributed by atoms with Gasteiger partial charge in [0.05, 0.1) is 52.7 Å². The molecule has 0 aliphatic heterocycles. The Labute approximate surface area is 195 Å². The molecule has 176 valence electrons. The van der Waals surface area contributed by atoms with Crippen LogP contribution < -0.4 is 10.6 Å². The summed E-state index contributed by atoms with van der Waals surface area (Å²) in [7, 11) is 1.48. The van der Waals surface area contributed by atoms with Gasteiger partial charge in [-0.3, -0.25) is 4.98 Å². The minimum atomic E-state index is -4.76. The van der Waals surface area contributed by atoms with Crippen LogP contribution in [0.15, 0.2) is 47.5 Å². The molecule has 0 radical (unpaired) electrons. The fraction of sp³-hybridized carbons (Fsp3) is 0.190. The van der Waals surface area contributed by atoms with Crippen molar-refractivity contribution in [2.45, 2.75) is 19.2 Å². The molecule has 0 aromatic carbocycles. The predicted molar refractivity (Wildman–Crippen MR) is 117 cm³/mol. The van der Waals surface area contributed by atoms with Crippen molar-refractivity contribution in [3.05, 3.63) is 59.3 Å². The first kappa shape index (κ1) is 23.4. The molecule has 0 aliphatic rings. The smallest absolute Gasteiger partial charge is 0.418 e. The molecule has 4 aromatic heterocycles. The second-order valence-electron chi connectivity index (χ2n) is 7.00. The summed E-state index contributed by atoms with van der Waals surface area (Å²) in [5.74, 6) is -0.296. The monoisotopic (exact) mass is 492 g/mol. The van der Waals surface area contributed by atoms with Crippen molar-refractivity contribution in [1.29, 1.82) is 0 Å². The van der Waals surface area contributed by atoms with Crippen molar-refractivity contribution in [3.8, 4) is 11.6 Å². The molecule has 4 heterocycles. The highest BCUT2D eigenvalue weighted by Gasteiger charge is 2.36. The van der Waals surface area contributed by atoms with Gasteiger partial charge in [0.1, 0.15) is 17.1 Å².